The fourth-order valence-electron chi connectivity index (χ4n) is 3.01. The highest BCUT2D eigenvalue weighted by Gasteiger charge is 2.24. The van der Waals surface area contributed by atoms with Crippen molar-refractivity contribution in [1.82, 2.24) is 10.3 Å². The number of pyridine rings is 1. The van der Waals surface area contributed by atoms with E-state index in [0.29, 0.717) is 6.04 Å². The summed E-state index contributed by atoms with van der Waals surface area (Å²) in [6.07, 6.45) is 4.21. The first kappa shape index (κ1) is 14.1. The first-order valence-electron chi connectivity index (χ1n) is 7.85. The second kappa shape index (κ2) is 6.72. The van der Waals surface area contributed by atoms with E-state index in [-0.39, 0.29) is 0 Å². The minimum atomic E-state index is 0.487. The maximum Gasteiger partial charge on any atom is 0.0602 e. The Balaban J connectivity index is 1.81. The zero-order valence-electron chi connectivity index (χ0n) is 12.6. The molecule has 1 aromatic heterocycles. The van der Waals surface area contributed by atoms with Crippen LogP contribution in [0.3, 0.4) is 0 Å². The maximum atomic E-state index is 4.46. The Morgan fingerprint density at radius 2 is 2.05 bits per heavy atom. The van der Waals surface area contributed by atoms with Crippen LogP contribution in [0.1, 0.15) is 37.1 Å². The van der Waals surface area contributed by atoms with Crippen molar-refractivity contribution in [3.8, 4) is 0 Å². The number of rotatable bonds is 5. The molecule has 1 unspecified atom stereocenters. The van der Waals surface area contributed by atoms with Crippen LogP contribution in [0.25, 0.3) is 0 Å². The highest BCUT2D eigenvalue weighted by molar-refractivity contribution is 5.57. The molecule has 1 atom stereocenters. The largest absolute Gasteiger partial charge is 0.365 e. The Kier molecular flexibility index (Phi) is 4.51. The van der Waals surface area contributed by atoms with Crippen LogP contribution in [0, 0.1) is 0 Å². The van der Waals surface area contributed by atoms with Gasteiger partial charge >= 0.3 is 0 Å². The standard InChI is InChI=1S/C18H23N3/c1-2-11-20-17-10-13-21(14-15-7-5-6-12-19-15)18-9-4-3-8-16(17)18/h3-9,12,17,20H,2,10-11,13-14H2,1H3. The van der Waals surface area contributed by atoms with Gasteiger partial charge in [-0.15, -0.1) is 0 Å². The lowest BCUT2D eigenvalue weighted by molar-refractivity contribution is 0.476. The van der Waals surface area contributed by atoms with Gasteiger partial charge in [0.25, 0.3) is 0 Å². The van der Waals surface area contributed by atoms with E-state index in [0.717, 1.165) is 31.7 Å². The quantitative estimate of drug-likeness (QED) is 0.908. The molecule has 0 amide bonds. The molecule has 0 spiro atoms. The molecule has 3 rings (SSSR count). The van der Waals surface area contributed by atoms with Crippen LogP contribution in [0.5, 0.6) is 0 Å². The summed E-state index contributed by atoms with van der Waals surface area (Å²) in [5, 5.41) is 3.67. The summed E-state index contributed by atoms with van der Waals surface area (Å²) < 4.78 is 0. The van der Waals surface area contributed by atoms with Crippen molar-refractivity contribution in [3.05, 3.63) is 59.9 Å². The van der Waals surface area contributed by atoms with Crippen LogP contribution in [0.15, 0.2) is 48.7 Å². The van der Waals surface area contributed by atoms with E-state index < -0.39 is 0 Å². The number of hydrogen-bond donors (Lipinski definition) is 1. The molecule has 2 aromatic rings. The van der Waals surface area contributed by atoms with Gasteiger partial charge in [0.1, 0.15) is 0 Å². The summed E-state index contributed by atoms with van der Waals surface area (Å²) >= 11 is 0. The number of benzene rings is 1. The fraction of sp³-hybridized carbons (Fsp3) is 0.389. The lowest BCUT2D eigenvalue weighted by atomic mass is 9.96. The van der Waals surface area contributed by atoms with Gasteiger partial charge in [-0.05, 0) is 43.1 Å². The van der Waals surface area contributed by atoms with Gasteiger partial charge in [0, 0.05) is 24.5 Å². The van der Waals surface area contributed by atoms with Crippen molar-refractivity contribution in [2.75, 3.05) is 18.0 Å². The van der Waals surface area contributed by atoms with Crippen molar-refractivity contribution < 1.29 is 0 Å². The van der Waals surface area contributed by atoms with E-state index >= 15 is 0 Å². The van der Waals surface area contributed by atoms with Gasteiger partial charge in [-0.3, -0.25) is 4.98 Å². The Hall–Kier alpha value is -1.87. The van der Waals surface area contributed by atoms with E-state index in [4.69, 9.17) is 0 Å². The van der Waals surface area contributed by atoms with Gasteiger partial charge in [0.2, 0.25) is 0 Å². The lowest BCUT2D eigenvalue weighted by Gasteiger charge is -2.36. The monoisotopic (exact) mass is 281 g/mol. The van der Waals surface area contributed by atoms with Crippen molar-refractivity contribution in [2.24, 2.45) is 0 Å². The van der Waals surface area contributed by atoms with Gasteiger partial charge in [-0.25, -0.2) is 0 Å². The van der Waals surface area contributed by atoms with Crippen molar-refractivity contribution in [3.63, 3.8) is 0 Å². The molecular weight excluding hydrogens is 258 g/mol. The third kappa shape index (κ3) is 3.24. The normalized spacial score (nSPS) is 17.6. The van der Waals surface area contributed by atoms with Gasteiger partial charge in [-0.1, -0.05) is 31.2 Å². The van der Waals surface area contributed by atoms with Gasteiger partial charge in [-0.2, -0.15) is 0 Å². The molecule has 2 heterocycles. The van der Waals surface area contributed by atoms with Crippen molar-refractivity contribution in [1.29, 1.82) is 0 Å². The highest BCUT2D eigenvalue weighted by Crippen LogP contribution is 2.34. The first-order chi connectivity index (χ1) is 10.4. The molecule has 1 N–H and O–H groups in total. The lowest BCUT2D eigenvalue weighted by Crippen LogP contribution is -2.35. The third-order valence-corrected chi connectivity index (χ3v) is 4.06. The van der Waals surface area contributed by atoms with Gasteiger partial charge < -0.3 is 10.2 Å². The number of nitrogens with zero attached hydrogens (tertiary/aromatic N) is 2. The molecule has 0 saturated heterocycles. The molecule has 1 aromatic carbocycles. The van der Waals surface area contributed by atoms with Crippen LogP contribution >= 0.6 is 0 Å². The summed E-state index contributed by atoms with van der Waals surface area (Å²) in [6.45, 7) is 5.27. The Bertz CT molecular complexity index is 568. The molecule has 0 bridgehead atoms. The van der Waals surface area contributed by atoms with Crippen molar-refractivity contribution in [2.45, 2.75) is 32.4 Å². The summed E-state index contributed by atoms with van der Waals surface area (Å²) in [5.41, 5.74) is 3.91. The second-order valence-electron chi connectivity index (χ2n) is 5.60. The molecule has 3 nitrogen and oxygen atoms in total. The number of hydrogen-bond acceptors (Lipinski definition) is 3. The summed E-state index contributed by atoms with van der Waals surface area (Å²) in [7, 11) is 0. The number of aromatic nitrogens is 1. The van der Waals surface area contributed by atoms with Crippen LogP contribution in [0.2, 0.25) is 0 Å². The predicted octanol–water partition coefficient (Wildman–Crippen LogP) is 3.53. The molecule has 1 aliphatic rings. The molecule has 3 heteroatoms. The Labute approximate surface area is 127 Å². The van der Waals surface area contributed by atoms with E-state index in [1.807, 2.05) is 12.3 Å². The molecule has 110 valence electrons. The second-order valence-corrected chi connectivity index (χ2v) is 5.60. The average molecular weight is 281 g/mol. The van der Waals surface area contributed by atoms with E-state index in [1.54, 1.807) is 0 Å². The zero-order chi connectivity index (χ0) is 14.5. The predicted molar refractivity (Wildman–Crippen MR) is 87.4 cm³/mol. The average Bonchev–Trinajstić information content (AvgIpc) is 2.55. The van der Waals surface area contributed by atoms with Gasteiger partial charge in [0.15, 0.2) is 0 Å². The number of fused-ring (bicyclic) bond motifs is 1. The summed E-state index contributed by atoms with van der Waals surface area (Å²) in [5.74, 6) is 0. The van der Waals surface area contributed by atoms with Crippen LogP contribution < -0.4 is 10.2 Å². The molecule has 0 fully saturated rings. The van der Waals surface area contributed by atoms with Crippen molar-refractivity contribution >= 4 is 5.69 Å². The maximum absolute atomic E-state index is 4.46. The van der Waals surface area contributed by atoms with Crippen LogP contribution in [0.4, 0.5) is 5.69 Å². The molecule has 21 heavy (non-hydrogen) atoms. The van der Waals surface area contributed by atoms with E-state index in [2.05, 4.69) is 58.5 Å². The SMILES string of the molecule is CCCNC1CCN(Cc2ccccn2)c2ccccc21. The molecule has 0 radical (unpaired) electrons. The molecule has 1 aliphatic heterocycles. The van der Waals surface area contributed by atoms with Crippen LogP contribution in [-0.2, 0) is 6.54 Å². The third-order valence-electron chi connectivity index (χ3n) is 4.06. The number of anilines is 1. The molecule has 0 saturated carbocycles. The van der Waals surface area contributed by atoms with Crippen LogP contribution in [-0.4, -0.2) is 18.1 Å². The number of nitrogens with one attached hydrogen (secondary N) is 1. The summed E-state index contributed by atoms with van der Waals surface area (Å²) in [4.78, 5) is 6.90. The zero-order valence-corrected chi connectivity index (χ0v) is 12.6. The highest BCUT2D eigenvalue weighted by atomic mass is 15.2. The van der Waals surface area contributed by atoms with E-state index in [9.17, 15) is 0 Å². The fourth-order valence-corrected chi connectivity index (χ4v) is 3.01. The number of para-hydroxylation sites is 1. The smallest absolute Gasteiger partial charge is 0.0602 e. The topological polar surface area (TPSA) is 28.2 Å². The minimum Gasteiger partial charge on any atom is -0.365 e. The Morgan fingerprint density at radius 1 is 1.19 bits per heavy atom. The first-order valence-corrected chi connectivity index (χ1v) is 7.85. The minimum absolute atomic E-state index is 0.487. The van der Waals surface area contributed by atoms with Gasteiger partial charge in [0.05, 0.1) is 12.2 Å². The van der Waals surface area contributed by atoms with E-state index in [1.165, 1.54) is 17.7 Å². The summed E-state index contributed by atoms with van der Waals surface area (Å²) in [6, 6.07) is 15.4. The molecule has 0 aliphatic carbocycles. The molecular formula is C18H23N3. The Morgan fingerprint density at radius 3 is 2.86 bits per heavy atom.